The summed E-state index contributed by atoms with van der Waals surface area (Å²) in [6, 6.07) is 6.47. The van der Waals surface area contributed by atoms with Gasteiger partial charge in [0.05, 0.1) is 51.6 Å². The summed E-state index contributed by atoms with van der Waals surface area (Å²) < 4.78 is 7.88. The molecular formula is C30H31N7O2S. The standard InChI is InChI=1S/C30H31N7O2S/c1-16-29(17(2)39-35-16)20-8-11-25-24(12-20)34-30(37(25)21-9-10-23-27(13-21)40-19(4)33-23)26-6-5-7-28(38)36(26)22-14-31-18(3)32-15-22/h8,11-12,14-15,21,26H,5-7,9-10,13H2,1-4H3/t21-,26+/m1/s1. The Bertz CT molecular complexity index is 1730. The quantitative estimate of drug-likeness (QED) is 0.263. The highest BCUT2D eigenvalue weighted by atomic mass is 32.1. The van der Waals surface area contributed by atoms with Crippen molar-refractivity contribution in [3.05, 3.63) is 69.3 Å². The fourth-order valence-corrected chi connectivity index (χ4v) is 7.50. The zero-order valence-electron chi connectivity index (χ0n) is 23.1. The first-order chi connectivity index (χ1) is 19.4. The van der Waals surface area contributed by atoms with E-state index in [1.54, 1.807) is 23.7 Å². The number of hydrogen-bond donors (Lipinski definition) is 0. The predicted molar refractivity (Wildman–Crippen MR) is 153 cm³/mol. The molecule has 1 aliphatic carbocycles. The minimum atomic E-state index is -0.202. The van der Waals surface area contributed by atoms with Crippen LogP contribution in [0, 0.1) is 27.7 Å². The van der Waals surface area contributed by atoms with Gasteiger partial charge in [-0.2, -0.15) is 0 Å². The van der Waals surface area contributed by atoms with Crippen molar-refractivity contribution in [1.29, 1.82) is 0 Å². The third kappa shape index (κ3) is 4.13. The van der Waals surface area contributed by atoms with E-state index < -0.39 is 0 Å². The number of aromatic nitrogens is 6. The first-order valence-electron chi connectivity index (χ1n) is 13.9. The molecule has 1 fully saturated rings. The topological polar surface area (TPSA) is 103 Å². The Hall–Kier alpha value is -3.92. The van der Waals surface area contributed by atoms with Crippen LogP contribution in [0.4, 0.5) is 5.69 Å². The summed E-state index contributed by atoms with van der Waals surface area (Å²) in [5, 5.41) is 5.28. The summed E-state index contributed by atoms with van der Waals surface area (Å²) in [4.78, 5) is 35.5. The van der Waals surface area contributed by atoms with Crippen molar-refractivity contribution in [2.45, 2.75) is 78.3 Å². The first-order valence-corrected chi connectivity index (χ1v) is 14.7. The van der Waals surface area contributed by atoms with E-state index in [1.165, 1.54) is 10.6 Å². The van der Waals surface area contributed by atoms with E-state index in [2.05, 4.69) is 44.8 Å². The number of carbonyl (C=O) groups is 1. The zero-order valence-corrected chi connectivity index (χ0v) is 24.0. The number of aryl methyl sites for hydroxylation is 5. The molecule has 5 heterocycles. The van der Waals surface area contributed by atoms with Crippen molar-refractivity contribution in [2.75, 3.05) is 4.90 Å². The van der Waals surface area contributed by atoms with Crippen molar-refractivity contribution in [3.63, 3.8) is 0 Å². The Morgan fingerprint density at radius 2 is 1.85 bits per heavy atom. The molecule has 1 aromatic carbocycles. The van der Waals surface area contributed by atoms with Gasteiger partial charge in [-0.1, -0.05) is 11.2 Å². The number of anilines is 1. The molecule has 0 N–H and O–H groups in total. The van der Waals surface area contributed by atoms with Crippen LogP contribution in [-0.2, 0) is 17.6 Å². The maximum Gasteiger partial charge on any atom is 0.227 e. The number of rotatable bonds is 4. The molecular weight excluding hydrogens is 522 g/mol. The maximum absolute atomic E-state index is 13.4. The fraction of sp³-hybridized carbons (Fsp3) is 0.400. The highest BCUT2D eigenvalue weighted by Gasteiger charge is 2.37. The molecule has 9 nitrogen and oxygen atoms in total. The molecule has 10 heteroatoms. The molecule has 0 radical (unpaired) electrons. The van der Waals surface area contributed by atoms with E-state index in [-0.39, 0.29) is 18.0 Å². The summed E-state index contributed by atoms with van der Waals surface area (Å²) >= 11 is 1.80. The minimum Gasteiger partial charge on any atom is -0.361 e. The number of amides is 1. The number of nitrogens with zero attached hydrogens (tertiary/aromatic N) is 7. The number of carbonyl (C=O) groups excluding carboxylic acids is 1. The second kappa shape index (κ2) is 9.62. The van der Waals surface area contributed by atoms with Gasteiger partial charge >= 0.3 is 0 Å². The van der Waals surface area contributed by atoms with Gasteiger partial charge < -0.3 is 9.09 Å². The molecule has 1 amide bonds. The normalized spacial score (nSPS) is 19.4. The molecule has 0 saturated carbocycles. The van der Waals surface area contributed by atoms with Gasteiger partial charge in [0, 0.05) is 29.3 Å². The molecule has 40 heavy (non-hydrogen) atoms. The van der Waals surface area contributed by atoms with Crippen LogP contribution >= 0.6 is 11.3 Å². The molecule has 2 aliphatic rings. The smallest absolute Gasteiger partial charge is 0.227 e. The minimum absolute atomic E-state index is 0.0859. The zero-order chi connectivity index (χ0) is 27.5. The maximum atomic E-state index is 13.4. The van der Waals surface area contributed by atoms with Gasteiger partial charge in [0.15, 0.2) is 0 Å². The van der Waals surface area contributed by atoms with Crippen LogP contribution in [0.3, 0.4) is 0 Å². The number of thiazole rings is 1. The summed E-state index contributed by atoms with van der Waals surface area (Å²) in [5.41, 5.74) is 6.85. The molecule has 204 valence electrons. The van der Waals surface area contributed by atoms with Gasteiger partial charge in [0.1, 0.15) is 17.4 Å². The molecule has 0 bridgehead atoms. The van der Waals surface area contributed by atoms with Crippen LogP contribution in [0.5, 0.6) is 0 Å². The van der Waals surface area contributed by atoms with Crippen molar-refractivity contribution in [2.24, 2.45) is 0 Å². The van der Waals surface area contributed by atoms with Crippen LogP contribution in [0.15, 0.2) is 35.1 Å². The van der Waals surface area contributed by atoms with E-state index in [0.29, 0.717) is 12.2 Å². The Morgan fingerprint density at radius 1 is 1.02 bits per heavy atom. The van der Waals surface area contributed by atoms with Crippen molar-refractivity contribution in [1.82, 2.24) is 29.7 Å². The van der Waals surface area contributed by atoms with Gasteiger partial charge in [-0.15, -0.1) is 11.3 Å². The average molecular weight is 554 g/mol. The second-order valence-electron chi connectivity index (χ2n) is 10.9. The van der Waals surface area contributed by atoms with E-state index >= 15 is 0 Å². The molecule has 7 rings (SSSR count). The Labute approximate surface area is 236 Å². The van der Waals surface area contributed by atoms with Crippen LogP contribution in [-0.4, -0.2) is 35.6 Å². The lowest BCUT2D eigenvalue weighted by molar-refractivity contribution is -0.120. The van der Waals surface area contributed by atoms with Gasteiger partial charge in [-0.25, -0.2) is 19.9 Å². The Morgan fingerprint density at radius 3 is 2.62 bits per heavy atom. The summed E-state index contributed by atoms with van der Waals surface area (Å²) in [7, 11) is 0. The Kier molecular flexibility index (Phi) is 6.03. The lowest BCUT2D eigenvalue weighted by atomic mass is 9.95. The highest BCUT2D eigenvalue weighted by Crippen LogP contribution is 2.42. The van der Waals surface area contributed by atoms with Gasteiger partial charge in [-0.3, -0.25) is 9.69 Å². The Balaban J connectivity index is 1.40. The summed E-state index contributed by atoms with van der Waals surface area (Å²) in [6.07, 6.45) is 8.52. The lowest BCUT2D eigenvalue weighted by Crippen LogP contribution is -2.40. The average Bonchev–Trinajstić information content (AvgIpc) is 3.61. The molecule has 0 unspecified atom stereocenters. The van der Waals surface area contributed by atoms with Gasteiger partial charge in [0.2, 0.25) is 5.91 Å². The van der Waals surface area contributed by atoms with Gasteiger partial charge in [0.25, 0.3) is 0 Å². The number of imidazole rings is 1. The molecule has 1 aliphatic heterocycles. The van der Waals surface area contributed by atoms with Crippen LogP contribution in [0.2, 0.25) is 0 Å². The van der Waals surface area contributed by atoms with Crippen LogP contribution in [0.1, 0.15) is 76.4 Å². The largest absolute Gasteiger partial charge is 0.361 e. The number of hydrogen-bond acceptors (Lipinski definition) is 8. The number of fused-ring (bicyclic) bond motifs is 2. The first kappa shape index (κ1) is 25.1. The summed E-state index contributed by atoms with van der Waals surface area (Å²) in [6.45, 7) is 7.84. The molecule has 4 aromatic heterocycles. The lowest BCUT2D eigenvalue weighted by Gasteiger charge is -2.36. The highest BCUT2D eigenvalue weighted by molar-refractivity contribution is 7.11. The monoisotopic (exact) mass is 553 g/mol. The number of piperidine rings is 1. The van der Waals surface area contributed by atoms with Crippen molar-refractivity contribution >= 4 is 34.0 Å². The predicted octanol–water partition coefficient (Wildman–Crippen LogP) is 6.16. The van der Waals surface area contributed by atoms with Gasteiger partial charge in [-0.05, 0) is 71.1 Å². The summed E-state index contributed by atoms with van der Waals surface area (Å²) in [5.74, 6) is 2.49. The second-order valence-corrected chi connectivity index (χ2v) is 12.2. The molecule has 0 spiro atoms. The van der Waals surface area contributed by atoms with Crippen LogP contribution in [0.25, 0.3) is 22.2 Å². The van der Waals surface area contributed by atoms with E-state index in [1.807, 2.05) is 25.7 Å². The SMILES string of the molecule is Cc1ncc(N2C(=O)CCC[C@H]2c2nc3cc(-c4c(C)noc4C)ccc3n2[C@@H]2CCc3nc(C)sc3C2)cn1. The molecule has 2 atom stereocenters. The number of benzene rings is 1. The fourth-order valence-electron chi connectivity index (χ4n) is 6.44. The van der Waals surface area contributed by atoms with Crippen molar-refractivity contribution in [3.8, 4) is 11.1 Å². The van der Waals surface area contributed by atoms with E-state index in [9.17, 15) is 4.79 Å². The van der Waals surface area contributed by atoms with E-state index in [4.69, 9.17) is 14.5 Å². The molecule has 5 aromatic rings. The van der Waals surface area contributed by atoms with Crippen LogP contribution < -0.4 is 4.90 Å². The van der Waals surface area contributed by atoms with Crippen molar-refractivity contribution < 1.29 is 9.32 Å². The molecule has 1 saturated heterocycles. The third-order valence-electron chi connectivity index (χ3n) is 8.22. The van der Waals surface area contributed by atoms with E-state index in [0.717, 1.165) is 82.2 Å². The third-order valence-corrected chi connectivity index (χ3v) is 9.25.